The van der Waals surface area contributed by atoms with Crippen molar-refractivity contribution >= 4 is 26.5 Å². The molecule has 1 fully saturated rings. The maximum Gasteiger partial charge on any atom is 0.262 e. The van der Waals surface area contributed by atoms with E-state index in [1.54, 1.807) is 30.6 Å². The lowest BCUT2D eigenvalue weighted by molar-refractivity contribution is 0.109. The summed E-state index contributed by atoms with van der Waals surface area (Å²) in [5.74, 6) is 0.491. The number of benzene rings is 2. The van der Waals surface area contributed by atoms with Crippen molar-refractivity contribution < 1.29 is 8.42 Å². The molecule has 3 aromatic rings. The molecule has 1 aromatic heterocycles. The number of anilines is 1. The Morgan fingerprint density at radius 2 is 1.94 bits per heavy atom. The van der Waals surface area contributed by atoms with Crippen LogP contribution >= 0.6 is 0 Å². The van der Waals surface area contributed by atoms with E-state index in [9.17, 15) is 8.42 Å². The molecule has 0 bridgehead atoms. The van der Waals surface area contributed by atoms with Gasteiger partial charge in [-0.25, -0.2) is 8.42 Å². The fraction of sp³-hybridized carbons (Fsp3) is 0.464. The largest absolute Gasteiger partial charge is 0.303 e. The second-order valence-corrected chi connectivity index (χ2v) is 11.6. The van der Waals surface area contributed by atoms with Gasteiger partial charge in [0.25, 0.3) is 10.0 Å². The van der Waals surface area contributed by atoms with E-state index in [4.69, 9.17) is 0 Å². The number of nitrogens with zero attached hydrogens (tertiary/aromatic N) is 2. The number of sulfonamides is 1. The highest BCUT2D eigenvalue weighted by molar-refractivity contribution is 7.93. The fourth-order valence-corrected chi connectivity index (χ4v) is 6.47. The Morgan fingerprint density at radius 1 is 1.12 bits per heavy atom. The van der Waals surface area contributed by atoms with Crippen LogP contribution in [0.15, 0.2) is 65.8 Å². The number of hydrogen-bond donors (Lipinski definition) is 1. The molecular weight excluding hydrogens is 442 g/mol. The summed E-state index contributed by atoms with van der Waals surface area (Å²) in [5, 5.41) is 1.48. The van der Waals surface area contributed by atoms with Gasteiger partial charge in [0.1, 0.15) is 0 Å². The Labute approximate surface area is 204 Å². The highest BCUT2D eigenvalue weighted by Gasteiger charge is 2.38. The monoisotopic (exact) mass is 479 g/mol. The molecule has 0 spiro atoms. The van der Waals surface area contributed by atoms with Crippen LogP contribution in [0.1, 0.15) is 58.4 Å². The van der Waals surface area contributed by atoms with E-state index in [-0.39, 0.29) is 10.3 Å². The first kappa shape index (κ1) is 24.7. The van der Waals surface area contributed by atoms with Gasteiger partial charge in [-0.15, -0.1) is 0 Å². The van der Waals surface area contributed by atoms with E-state index in [0.717, 1.165) is 24.9 Å². The quantitative estimate of drug-likeness (QED) is 0.370. The Kier molecular flexibility index (Phi) is 7.58. The SMILES string of the molecule is CCCCCCN1CC[C@](C)(c2cccc(NS(=O)(=O)c3cccc4cnccc34)c2)[C@@H](C)C1. The minimum atomic E-state index is -3.73. The molecule has 5 nitrogen and oxygen atoms in total. The number of aromatic nitrogens is 1. The molecule has 4 rings (SSSR count). The van der Waals surface area contributed by atoms with E-state index in [1.165, 1.54) is 37.8 Å². The second-order valence-electron chi connectivity index (χ2n) is 9.97. The topological polar surface area (TPSA) is 62.3 Å². The number of rotatable bonds is 9. The Morgan fingerprint density at radius 3 is 2.74 bits per heavy atom. The maximum atomic E-state index is 13.3. The summed E-state index contributed by atoms with van der Waals surface area (Å²) in [7, 11) is -3.73. The molecule has 0 amide bonds. The van der Waals surface area contributed by atoms with Crippen LogP contribution in [0.25, 0.3) is 10.8 Å². The molecule has 2 atom stereocenters. The lowest BCUT2D eigenvalue weighted by Gasteiger charge is -2.45. The van der Waals surface area contributed by atoms with Crippen molar-refractivity contribution in [1.29, 1.82) is 0 Å². The number of fused-ring (bicyclic) bond motifs is 1. The average Bonchev–Trinajstić information content (AvgIpc) is 2.83. The smallest absolute Gasteiger partial charge is 0.262 e. The molecular formula is C28H37N3O2S. The van der Waals surface area contributed by atoms with Crippen molar-refractivity contribution in [3.8, 4) is 0 Å². The summed E-state index contributed by atoms with van der Waals surface area (Å²) < 4.78 is 29.4. The Balaban J connectivity index is 1.51. The third-order valence-corrected chi connectivity index (χ3v) is 9.04. The molecule has 0 saturated carbocycles. The van der Waals surface area contributed by atoms with E-state index in [2.05, 4.69) is 41.4 Å². The van der Waals surface area contributed by atoms with Gasteiger partial charge in [0, 0.05) is 35.4 Å². The normalized spacial score (nSPS) is 21.6. The molecule has 182 valence electrons. The standard InChI is InChI=1S/C28H37N3O2S/c1-4-5-6-7-17-31-18-15-28(3,22(2)21-31)24-11-9-12-25(19-24)30-34(32,33)27-13-8-10-23-20-29-16-14-26(23)27/h8-14,16,19-20,22,30H,4-7,15,17-18,21H2,1-3H3/t22-,28-/m0/s1. The molecule has 6 heteroatoms. The molecule has 0 unspecified atom stereocenters. The van der Waals surface area contributed by atoms with Crippen LogP contribution in [-0.2, 0) is 15.4 Å². The summed E-state index contributed by atoms with van der Waals surface area (Å²) in [4.78, 5) is 6.98. The molecule has 0 aliphatic carbocycles. The molecule has 0 radical (unpaired) electrons. The Hall–Kier alpha value is -2.44. The van der Waals surface area contributed by atoms with Crippen molar-refractivity contribution in [2.24, 2.45) is 5.92 Å². The fourth-order valence-electron chi connectivity index (χ4n) is 5.19. The molecule has 1 saturated heterocycles. The van der Waals surface area contributed by atoms with Gasteiger partial charge in [-0.05, 0) is 67.1 Å². The summed E-state index contributed by atoms with van der Waals surface area (Å²) >= 11 is 0. The van der Waals surface area contributed by atoms with Crippen LogP contribution in [0.4, 0.5) is 5.69 Å². The highest BCUT2D eigenvalue weighted by Crippen LogP contribution is 2.40. The zero-order valence-corrected chi connectivity index (χ0v) is 21.4. The van der Waals surface area contributed by atoms with Gasteiger partial charge in [0.2, 0.25) is 0 Å². The van der Waals surface area contributed by atoms with Crippen molar-refractivity contribution in [3.05, 3.63) is 66.5 Å². The van der Waals surface area contributed by atoms with E-state index in [1.807, 2.05) is 24.3 Å². The van der Waals surface area contributed by atoms with Gasteiger partial charge in [0.05, 0.1) is 4.90 Å². The van der Waals surface area contributed by atoms with Crippen LogP contribution in [0.2, 0.25) is 0 Å². The minimum absolute atomic E-state index is 0.0203. The zero-order valence-electron chi connectivity index (χ0n) is 20.6. The lowest BCUT2D eigenvalue weighted by Crippen LogP contribution is -2.47. The molecule has 1 aliphatic rings. The lowest BCUT2D eigenvalue weighted by atomic mass is 9.68. The number of nitrogens with one attached hydrogen (secondary N) is 1. The maximum absolute atomic E-state index is 13.3. The zero-order chi connectivity index (χ0) is 24.2. The number of pyridine rings is 1. The third-order valence-electron chi connectivity index (χ3n) is 7.60. The first-order valence-electron chi connectivity index (χ1n) is 12.5. The van der Waals surface area contributed by atoms with Crippen LogP contribution in [0, 0.1) is 5.92 Å². The summed E-state index contributed by atoms with van der Waals surface area (Å²) in [5.41, 5.74) is 1.83. The van der Waals surface area contributed by atoms with Gasteiger partial charge >= 0.3 is 0 Å². The number of piperidine rings is 1. The van der Waals surface area contributed by atoms with Gasteiger partial charge in [-0.1, -0.05) is 64.3 Å². The summed E-state index contributed by atoms with van der Waals surface area (Å²) in [6.07, 6.45) is 9.57. The minimum Gasteiger partial charge on any atom is -0.303 e. The number of unbranched alkanes of at least 4 members (excludes halogenated alkanes) is 3. The van der Waals surface area contributed by atoms with E-state index < -0.39 is 10.0 Å². The van der Waals surface area contributed by atoms with Gasteiger partial charge in [-0.2, -0.15) is 0 Å². The van der Waals surface area contributed by atoms with E-state index in [0.29, 0.717) is 17.0 Å². The van der Waals surface area contributed by atoms with Crippen LogP contribution in [0.3, 0.4) is 0 Å². The van der Waals surface area contributed by atoms with Crippen molar-refractivity contribution in [3.63, 3.8) is 0 Å². The van der Waals surface area contributed by atoms with Crippen LogP contribution < -0.4 is 4.72 Å². The molecule has 2 heterocycles. The number of likely N-dealkylation sites (tertiary alicyclic amines) is 1. The van der Waals surface area contributed by atoms with Crippen LogP contribution in [-0.4, -0.2) is 37.9 Å². The summed E-state index contributed by atoms with van der Waals surface area (Å²) in [6, 6.07) is 15.0. The summed E-state index contributed by atoms with van der Waals surface area (Å²) in [6.45, 7) is 10.3. The van der Waals surface area contributed by atoms with Crippen molar-refractivity contribution in [1.82, 2.24) is 9.88 Å². The van der Waals surface area contributed by atoms with Gasteiger partial charge in [-0.3, -0.25) is 9.71 Å². The van der Waals surface area contributed by atoms with Crippen molar-refractivity contribution in [2.75, 3.05) is 24.4 Å². The van der Waals surface area contributed by atoms with Gasteiger partial charge < -0.3 is 4.90 Å². The van der Waals surface area contributed by atoms with Gasteiger partial charge in [0.15, 0.2) is 0 Å². The van der Waals surface area contributed by atoms with Crippen molar-refractivity contribution in [2.45, 2.75) is 63.2 Å². The van der Waals surface area contributed by atoms with Crippen LogP contribution in [0.5, 0.6) is 0 Å². The third kappa shape index (κ3) is 5.28. The second kappa shape index (κ2) is 10.4. The first-order valence-corrected chi connectivity index (χ1v) is 14.0. The number of hydrogen-bond acceptors (Lipinski definition) is 4. The highest BCUT2D eigenvalue weighted by atomic mass is 32.2. The Bertz CT molecular complexity index is 1220. The molecule has 1 aliphatic heterocycles. The predicted octanol–water partition coefficient (Wildman–Crippen LogP) is 6.22. The van der Waals surface area contributed by atoms with E-state index >= 15 is 0 Å². The molecule has 34 heavy (non-hydrogen) atoms. The average molecular weight is 480 g/mol. The molecule has 2 aromatic carbocycles. The predicted molar refractivity (Wildman–Crippen MR) is 141 cm³/mol. The first-order chi connectivity index (χ1) is 16.3. The molecule has 1 N–H and O–H groups in total.